The van der Waals surface area contributed by atoms with Gasteiger partial charge in [-0.05, 0) is 45.2 Å². The Balaban J connectivity index is 2.68. The van der Waals surface area contributed by atoms with E-state index in [2.05, 4.69) is 17.2 Å². The van der Waals surface area contributed by atoms with Crippen LogP contribution in [0.4, 0.5) is 10.6 Å². The maximum Gasteiger partial charge on any atom is 0.413 e. The monoisotopic (exact) mass is 250 g/mol. The van der Waals surface area contributed by atoms with Gasteiger partial charge in [0, 0.05) is 6.20 Å². The quantitative estimate of drug-likeness (QED) is 0.885. The van der Waals surface area contributed by atoms with E-state index in [-0.39, 0.29) is 0 Å². The molecule has 1 aromatic heterocycles. The van der Waals surface area contributed by atoms with Crippen LogP contribution in [0.3, 0.4) is 0 Å². The van der Waals surface area contributed by atoms with E-state index in [4.69, 9.17) is 4.74 Å². The largest absolute Gasteiger partial charge is 0.444 e. The van der Waals surface area contributed by atoms with Crippen LogP contribution in [0.5, 0.6) is 0 Å². The van der Waals surface area contributed by atoms with Crippen LogP contribution in [0.15, 0.2) is 18.3 Å². The van der Waals surface area contributed by atoms with Crippen molar-refractivity contribution >= 4 is 11.9 Å². The summed E-state index contributed by atoms with van der Waals surface area (Å²) in [6, 6.07) is 3.86. The van der Waals surface area contributed by atoms with Crippen LogP contribution in [0, 0.1) is 0 Å². The maximum atomic E-state index is 11.7. The molecule has 0 unspecified atom stereocenters. The van der Waals surface area contributed by atoms with E-state index in [0.29, 0.717) is 5.82 Å². The van der Waals surface area contributed by atoms with Crippen molar-refractivity contribution in [1.82, 2.24) is 4.98 Å². The molecule has 0 aliphatic heterocycles. The molecule has 0 aromatic carbocycles. The SMILES string of the molecule is CCCCc1cccnc1NC(=O)OC(C)(C)C. The summed E-state index contributed by atoms with van der Waals surface area (Å²) < 4.78 is 5.21. The summed E-state index contributed by atoms with van der Waals surface area (Å²) in [5, 5.41) is 2.70. The van der Waals surface area contributed by atoms with Gasteiger partial charge in [0.1, 0.15) is 11.4 Å². The number of nitrogens with one attached hydrogen (secondary N) is 1. The van der Waals surface area contributed by atoms with Crippen molar-refractivity contribution in [3.63, 3.8) is 0 Å². The van der Waals surface area contributed by atoms with E-state index >= 15 is 0 Å². The highest BCUT2D eigenvalue weighted by Gasteiger charge is 2.17. The second-order valence-electron chi connectivity index (χ2n) is 5.24. The zero-order chi connectivity index (χ0) is 13.6. The number of ether oxygens (including phenoxy) is 1. The maximum absolute atomic E-state index is 11.7. The van der Waals surface area contributed by atoms with Crippen LogP contribution in [-0.4, -0.2) is 16.7 Å². The molecule has 0 bridgehead atoms. The van der Waals surface area contributed by atoms with E-state index < -0.39 is 11.7 Å². The third kappa shape index (κ3) is 5.17. The van der Waals surface area contributed by atoms with Gasteiger partial charge in [0.2, 0.25) is 0 Å². The van der Waals surface area contributed by atoms with Crippen molar-refractivity contribution in [1.29, 1.82) is 0 Å². The summed E-state index contributed by atoms with van der Waals surface area (Å²) >= 11 is 0. The standard InChI is InChI=1S/C14H22N2O2/c1-5-6-8-11-9-7-10-15-12(11)16-13(17)18-14(2,3)4/h7,9-10H,5-6,8H2,1-4H3,(H,15,16,17). The third-order valence-electron chi connectivity index (χ3n) is 2.31. The van der Waals surface area contributed by atoms with Gasteiger partial charge in [0.05, 0.1) is 0 Å². The summed E-state index contributed by atoms with van der Waals surface area (Å²) in [5.74, 6) is 0.597. The lowest BCUT2D eigenvalue weighted by Crippen LogP contribution is -2.27. The summed E-state index contributed by atoms with van der Waals surface area (Å²) in [6.07, 6.45) is 4.31. The number of carbonyl (C=O) groups excluding carboxylic acids is 1. The highest BCUT2D eigenvalue weighted by molar-refractivity contribution is 5.84. The Kier molecular flexibility index (Phi) is 5.13. The summed E-state index contributed by atoms with van der Waals surface area (Å²) in [6.45, 7) is 7.65. The topological polar surface area (TPSA) is 51.2 Å². The zero-order valence-corrected chi connectivity index (χ0v) is 11.6. The fourth-order valence-electron chi connectivity index (χ4n) is 1.52. The van der Waals surface area contributed by atoms with Crippen LogP contribution in [0.2, 0.25) is 0 Å². The highest BCUT2D eigenvalue weighted by Crippen LogP contribution is 2.16. The Hall–Kier alpha value is -1.58. The lowest BCUT2D eigenvalue weighted by molar-refractivity contribution is 0.0635. The molecule has 0 aliphatic rings. The van der Waals surface area contributed by atoms with Gasteiger partial charge < -0.3 is 4.74 Å². The van der Waals surface area contributed by atoms with Gasteiger partial charge in [-0.1, -0.05) is 19.4 Å². The second kappa shape index (κ2) is 6.38. The Bertz CT molecular complexity index is 397. The first-order valence-corrected chi connectivity index (χ1v) is 6.36. The predicted octanol–water partition coefficient (Wildman–Crippen LogP) is 3.77. The van der Waals surface area contributed by atoms with Crippen molar-refractivity contribution in [2.75, 3.05) is 5.32 Å². The average Bonchev–Trinajstić information content (AvgIpc) is 2.25. The molecule has 0 saturated heterocycles. The number of amides is 1. The number of nitrogens with zero attached hydrogens (tertiary/aromatic N) is 1. The molecule has 4 nitrogen and oxygen atoms in total. The summed E-state index contributed by atoms with van der Waals surface area (Å²) in [5.41, 5.74) is 0.549. The minimum atomic E-state index is -0.498. The van der Waals surface area contributed by atoms with Gasteiger partial charge in [-0.25, -0.2) is 9.78 Å². The fourth-order valence-corrected chi connectivity index (χ4v) is 1.52. The third-order valence-corrected chi connectivity index (χ3v) is 2.31. The molecule has 1 heterocycles. The molecule has 1 N–H and O–H groups in total. The number of anilines is 1. The number of rotatable bonds is 4. The zero-order valence-electron chi connectivity index (χ0n) is 11.6. The minimum absolute atomic E-state index is 0.459. The van der Waals surface area contributed by atoms with Gasteiger partial charge in [-0.2, -0.15) is 0 Å². The molecule has 0 radical (unpaired) electrons. The Labute approximate surface area is 109 Å². The van der Waals surface area contributed by atoms with Crippen molar-refractivity contribution in [2.24, 2.45) is 0 Å². The minimum Gasteiger partial charge on any atom is -0.444 e. The molecular weight excluding hydrogens is 228 g/mol. The molecule has 4 heteroatoms. The summed E-state index contributed by atoms with van der Waals surface area (Å²) in [7, 11) is 0. The number of hydrogen-bond acceptors (Lipinski definition) is 3. The molecule has 100 valence electrons. The average molecular weight is 250 g/mol. The van der Waals surface area contributed by atoms with E-state index in [1.54, 1.807) is 6.20 Å². The molecule has 0 saturated carbocycles. The van der Waals surface area contributed by atoms with Crippen LogP contribution in [0.1, 0.15) is 46.1 Å². The fraction of sp³-hybridized carbons (Fsp3) is 0.571. The van der Waals surface area contributed by atoms with Crippen LogP contribution < -0.4 is 5.32 Å². The molecule has 1 amide bonds. The first kappa shape index (κ1) is 14.5. The molecule has 0 fully saturated rings. The molecule has 18 heavy (non-hydrogen) atoms. The van der Waals surface area contributed by atoms with E-state index in [0.717, 1.165) is 24.8 Å². The van der Waals surface area contributed by atoms with Crippen LogP contribution >= 0.6 is 0 Å². The first-order valence-electron chi connectivity index (χ1n) is 6.36. The van der Waals surface area contributed by atoms with E-state index in [1.165, 1.54) is 0 Å². The molecule has 1 rings (SSSR count). The van der Waals surface area contributed by atoms with Gasteiger partial charge in [0.25, 0.3) is 0 Å². The van der Waals surface area contributed by atoms with Crippen LogP contribution in [0.25, 0.3) is 0 Å². The normalized spacial score (nSPS) is 11.1. The number of pyridine rings is 1. The van der Waals surface area contributed by atoms with Gasteiger partial charge in [0.15, 0.2) is 0 Å². The smallest absolute Gasteiger partial charge is 0.413 e. The Morgan fingerprint density at radius 2 is 2.17 bits per heavy atom. The predicted molar refractivity (Wildman–Crippen MR) is 72.7 cm³/mol. The van der Waals surface area contributed by atoms with Crippen molar-refractivity contribution < 1.29 is 9.53 Å². The van der Waals surface area contributed by atoms with E-state index in [9.17, 15) is 4.79 Å². The Morgan fingerprint density at radius 3 is 2.78 bits per heavy atom. The molecular formula is C14H22N2O2. The molecule has 0 aliphatic carbocycles. The van der Waals surface area contributed by atoms with Gasteiger partial charge >= 0.3 is 6.09 Å². The summed E-state index contributed by atoms with van der Waals surface area (Å²) in [4.78, 5) is 15.9. The second-order valence-corrected chi connectivity index (χ2v) is 5.24. The first-order chi connectivity index (χ1) is 8.42. The van der Waals surface area contributed by atoms with E-state index in [1.807, 2.05) is 32.9 Å². The number of aryl methyl sites for hydroxylation is 1. The molecule has 0 atom stereocenters. The van der Waals surface area contributed by atoms with Gasteiger partial charge in [-0.15, -0.1) is 0 Å². The Morgan fingerprint density at radius 1 is 1.44 bits per heavy atom. The van der Waals surface area contributed by atoms with Crippen LogP contribution in [-0.2, 0) is 11.2 Å². The van der Waals surface area contributed by atoms with Crippen molar-refractivity contribution in [3.05, 3.63) is 23.9 Å². The highest BCUT2D eigenvalue weighted by atomic mass is 16.6. The lowest BCUT2D eigenvalue weighted by atomic mass is 10.1. The molecule has 1 aromatic rings. The number of aromatic nitrogens is 1. The number of hydrogen-bond donors (Lipinski definition) is 1. The van der Waals surface area contributed by atoms with Crippen molar-refractivity contribution in [3.8, 4) is 0 Å². The van der Waals surface area contributed by atoms with Crippen molar-refractivity contribution in [2.45, 2.75) is 52.6 Å². The molecule has 0 spiro atoms. The lowest BCUT2D eigenvalue weighted by Gasteiger charge is -2.20. The number of unbranched alkanes of at least 4 members (excludes halogenated alkanes) is 1. The number of carbonyl (C=O) groups is 1. The van der Waals surface area contributed by atoms with Gasteiger partial charge in [-0.3, -0.25) is 5.32 Å².